The van der Waals surface area contributed by atoms with E-state index in [2.05, 4.69) is 38.5 Å². The first kappa shape index (κ1) is 9.33. The topological polar surface area (TPSA) is 30.9 Å². The third-order valence-electron chi connectivity index (χ3n) is 2.65. The van der Waals surface area contributed by atoms with Gasteiger partial charge in [0.15, 0.2) is 0 Å². The lowest BCUT2D eigenvalue weighted by atomic mass is 10.1. The zero-order chi connectivity index (χ0) is 9.30. The Morgan fingerprint density at radius 2 is 2.08 bits per heavy atom. The molecular formula is C10H18N2. The van der Waals surface area contributed by atoms with E-state index in [1.54, 1.807) is 0 Å². The van der Waals surface area contributed by atoms with E-state index < -0.39 is 0 Å². The molecule has 0 saturated heterocycles. The Hall–Kier alpha value is -0.760. The van der Waals surface area contributed by atoms with Crippen LogP contribution in [0.5, 0.6) is 0 Å². The van der Waals surface area contributed by atoms with Crippen molar-refractivity contribution in [3.05, 3.63) is 23.0 Å². The highest BCUT2D eigenvalue weighted by atomic mass is 15.0. The maximum atomic E-state index is 5.96. The molecule has 1 heterocycles. The average molecular weight is 166 g/mol. The van der Waals surface area contributed by atoms with Gasteiger partial charge >= 0.3 is 0 Å². The normalized spacial score (nSPS) is 13.4. The van der Waals surface area contributed by atoms with E-state index in [0.29, 0.717) is 0 Å². The van der Waals surface area contributed by atoms with Crippen molar-refractivity contribution in [1.82, 2.24) is 4.57 Å². The molecule has 0 aromatic carbocycles. The number of nitrogens with two attached hydrogens (primary N) is 1. The molecule has 2 nitrogen and oxygen atoms in total. The SMILES string of the molecule is CCC(N)c1cc(C)n(C)c1C. The Labute approximate surface area is 74.4 Å². The molecule has 0 amide bonds. The van der Waals surface area contributed by atoms with Crippen LogP contribution in [0, 0.1) is 13.8 Å². The van der Waals surface area contributed by atoms with E-state index in [9.17, 15) is 0 Å². The average Bonchev–Trinajstić information content (AvgIpc) is 2.32. The van der Waals surface area contributed by atoms with Gasteiger partial charge in [-0.1, -0.05) is 6.92 Å². The summed E-state index contributed by atoms with van der Waals surface area (Å²) in [5, 5.41) is 0. The first-order valence-corrected chi connectivity index (χ1v) is 4.46. The van der Waals surface area contributed by atoms with Crippen molar-refractivity contribution in [1.29, 1.82) is 0 Å². The maximum absolute atomic E-state index is 5.96. The fourth-order valence-corrected chi connectivity index (χ4v) is 1.48. The first-order chi connectivity index (χ1) is 5.57. The Bertz CT molecular complexity index is 274. The van der Waals surface area contributed by atoms with Crippen molar-refractivity contribution in [2.45, 2.75) is 33.2 Å². The molecule has 0 saturated carbocycles. The highest BCUT2D eigenvalue weighted by molar-refractivity contribution is 5.28. The van der Waals surface area contributed by atoms with Crippen molar-refractivity contribution < 1.29 is 0 Å². The van der Waals surface area contributed by atoms with Crippen molar-refractivity contribution in [3.63, 3.8) is 0 Å². The summed E-state index contributed by atoms with van der Waals surface area (Å²) in [5.74, 6) is 0. The van der Waals surface area contributed by atoms with Gasteiger partial charge < -0.3 is 10.3 Å². The molecular weight excluding hydrogens is 148 g/mol. The van der Waals surface area contributed by atoms with Crippen LogP contribution in [0.3, 0.4) is 0 Å². The Kier molecular flexibility index (Phi) is 2.58. The lowest BCUT2D eigenvalue weighted by Gasteiger charge is -2.08. The molecule has 1 unspecified atom stereocenters. The van der Waals surface area contributed by atoms with E-state index in [1.807, 2.05) is 0 Å². The van der Waals surface area contributed by atoms with Gasteiger partial charge in [0, 0.05) is 24.5 Å². The number of aryl methyl sites for hydroxylation is 1. The summed E-state index contributed by atoms with van der Waals surface area (Å²) in [4.78, 5) is 0. The smallest absolute Gasteiger partial charge is 0.0310 e. The van der Waals surface area contributed by atoms with Gasteiger partial charge in [-0.15, -0.1) is 0 Å². The molecule has 1 atom stereocenters. The second kappa shape index (κ2) is 3.31. The van der Waals surface area contributed by atoms with Crippen molar-refractivity contribution in [3.8, 4) is 0 Å². The van der Waals surface area contributed by atoms with Crippen molar-refractivity contribution in [2.24, 2.45) is 12.8 Å². The molecule has 0 bridgehead atoms. The zero-order valence-corrected chi connectivity index (χ0v) is 8.39. The second-order valence-corrected chi connectivity index (χ2v) is 3.40. The van der Waals surface area contributed by atoms with Gasteiger partial charge in [-0.2, -0.15) is 0 Å². The van der Waals surface area contributed by atoms with Gasteiger partial charge in [-0.3, -0.25) is 0 Å². The summed E-state index contributed by atoms with van der Waals surface area (Å²) in [5.41, 5.74) is 9.83. The minimum Gasteiger partial charge on any atom is -0.352 e. The molecule has 2 heteroatoms. The van der Waals surface area contributed by atoms with Gasteiger partial charge in [0.1, 0.15) is 0 Å². The Morgan fingerprint density at radius 1 is 1.50 bits per heavy atom. The predicted octanol–water partition coefficient (Wildman–Crippen LogP) is 2.05. The molecule has 0 aliphatic carbocycles. The number of hydrogen-bond donors (Lipinski definition) is 1. The predicted molar refractivity (Wildman–Crippen MR) is 52.1 cm³/mol. The number of rotatable bonds is 2. The number of nitrogens with zero attached hydrogens (tertiary/aromatic N) is 1. The number of hydrogen-bond acceptors (Lipinski definition) is 1. The van der Waals surface area contributed by atoms with E-state index in [4.69, 9.17) is 5.73 Å². The van der Waals surface area contributed by atoms with Crippen LogP contribution in [-0.2, 0) is 7.05 Å². The lowest BCUT2D eigenvalue weighted by Crippen LogP contribution is -2.09. The summed E-state index contributed by atoms with van der Waals surface area (Å²) in [6, 6.07) is 2.38. The molecule has 0 aliphatic rings. The van der Waals surface area contributed by atoms with Crippen LogP contribution in [0.4, 0.5) is 0 Å². The van der Waals surface area contributed by atoms with Crippen LogP contribution in [-0.4, -0.2) is 4.57 Å². The zero-order valence-electron chi connectivity index (χ0n) is 8.39. The minimum atomic E-state index is 0.199. The summed E-state index contributed by atoms with van der Waals surface area (Å²) < 4.78 is 2.19. The van der Waals surface area contributed by atoms with Gasteiger partial charge in [-0.25, -0.2) is 0 Å². The molecule has 1 rings (SSSR count). The monoisotopic (exact) mass is 166 g/mol. The standard InChI is InChI=1S/C10H18N2/c1-5-10(11)9-6-7(2)12(4)8(9)3/h6,10H,5,11H2,1-4H3. The summed E-state index contributed by atoms with van der Waals surface area (Å²) in [6.45, 7) is 6.35. The molecule has 0 fully saturated rings. The van der Waals surface area contributed by atoms with E-state index in [-0.39, 0.29) is 6.04 Å². The van der Waals surface area contributed by atoms with Crippen LogP contribution in [0.2, 0.25) is 0 Å². The van der Waals surface area contributed by atoms with Gasteiger partial charge in [0.05, 0.1) is 0 Å². The Balaban J connectivity index is 3.08. The fourth-order valence-electron chi connectivity index (χ4n) is 1.48. The molecule has 0 spiro atoms. The van der Waals surface area contributed by atoms with E-state index >= 15 is 0 Å². The third kappa shape index (κ3) is 1.39. The Morgan fingerprint density at radius 3 is 2.42 bits per heavy atom. The first-order valence-electron chi connectivity index (χ1n) is 4.46. The molecule has 12 heavy (non-hydrogen) atoms. The van der Waals surface area contributed by atoms with Crippen LogP contribution < -0.4 is 5.73 Å². The minimum absolute atomic E-state index is 0.199. The van der Waals surface area contributed by atoms with Gasteiger partial charge in [0.2, 0.25) is 0 Å². The van der Waals surface area contributed by atoms with Crippen LogP contribution >= 0.6 is 0 Å². The third-order valence-corrected chi connectivity index (χ3v) is 2.65. The van der Waals surface area contributed by atoms with Crippen LogP contribution in [0.15, 0.2) is 6.07 Å². The van der Waals surface area contributed by atoms with E-state index in [1.165, 1.54) is 17.0 Å². The molecule has 1 aromatic rings. The van der Waals surface area contributed by atoms with Crippen LogP contribution in [0.1, 0.15) is 36.3 Å². The quantitative estimate of drug-likeness (QED) is 0.716. The molecule has 0 aliphatic heterocycles. The molecule has 68 valence electrons. The van der Waals surface area contributed by atoms with E-state index in [0.717, 1.165) is 6.42 Å². The molecule has 2 N–H and O–H groups in total. The summed E-state index contributed by atoms with van der Waals surface area (Å²) in [6.07, 6.45) is 1.00. The van der Waals surface area contributed by atoms with Crippen molar-refractivity contribution >= 4 is 0 Å². The van der Waals surface area contributed by atoms with Gasteiger partial charge in [0.25, 0.3) is 0 Å². The highest BCUT2D eigenvalue weighted by Crippen LogP contribution is 2.20. The fraction of sp³-hybridized carbons (Fsp3) is 0.600. The molecule has 1 aromatic heterocycles. The largest absolute Gasteiger partial charge is 0.352 e. The maximum Gasteiger partial charge on any atom is 0.0310 e. The summed E-state index contributed by atoms with van der Waals surface area (Å²) >= 11 is 0. The number of aromatic nitrogens is 1. The molecule has 0 radical (unpaired) electrons. The van der Waals surface area contributed by atoms with Gasteiger partial charge in [-0.05, 0) is 31.9 Å². The van der Waals surface area contributed by atoms with Crippen molar-refractivity contribution in [2.75, 3.05) is 0 Å². The lowest BCUT2D eigenvalue weighted by molar-refractivity contribution is 0.688. The highest BCUT2D eigenvalue weighted by Gasteiger charge is 2.10. The second-order valence-electron chi connectivity index (χ2n) is 3.40. The van der Waals surface area contributed by atoms with Crippen LogP contribution in [0.25, 0.3) is 0 Å². The summed E-state index contributed by atoms with van der Waals surface area (Å²) in [7, 11) is 2.08.